The molecule has 7 heteroatoms. The van der Waals surface area contributed by atoms with Gasteiger partial charge in [-0.05, 0) is 38.0 Å². The molecule has 7 nitrogen and oxygen atoms in total. The van der Waals surface area contributed by atoms with Crippen molar-refractivity contribution >= 4 is 23.1 Å². The summed E-state index contributed by atoms with van der Waals surface area (Å²) in [6, 6.07) is 3.83. The van der Waals surface area contributed by atoms with Crippen LogP contribution in [0.4, 0.5) is 11.4 Å². The maximum atomic E-state index is 11.6. The summed E-state index contributed by atoms with van der Waals surface area (Å²) < 4.78 is 12.2. The first-order chi connectivity index (χ1) is 12.5. The molecule has 0 unspecified atom stereocenters. The number of rotatable bonds is 7. The van der Waals surface area contributed by atoms with Crippen LogP contribution in [0.15, 0.2) is 36.1 Å². The van der Waals surface area contributed by atoms with Gasteiger partial charge in [-0.1, -0.05) is 12.2 Å². The minimum absolute atomic E-state index is 0.180. The number of hydrogen-bond donors (Lipinski definition) is 2. The molecule has 0 spiro atoms. The second-order valence-corrected chi connectivity index (χ2v) is 5.80. The second kappa shape index (κ2) is 9.17. The van der Waals surface area contributed by atoms with E-state index in [1.54, 1.807) is 24.8 Å². The van der Waals surface area contributed by atoms with Gasteiger partial charge in [0.2, 0.25) is 5.69 Å². The number of esters is 1. The quantitative estimate of drug-likeness (QED) is 0.335. The Morgan fingerprint density at radius 2 is 2.04 bits per heavy atom. The lowest BCUT2D eigenvalue weighted by atomic mass is 10.1. The molecular weight excluding hydrogens is 336 g/mol. The van der Waals surface area contributed by atoms with E-state index >= 15 is 0 Å². The highest BCUT2D eigenvalue weighted by Crippen LogP contribution is 2.27. The molecule has 1 aromatic rings. The molecular formula is C19H26N2O5+2. The number of carbonyl (C=O) groups is 1. The Hall–Kier alpha value is -2.64. The highest BCUT2D eigenvalue weighted by molar-refractivity contribution is 5.97. The summed E-state index contributed by atoms with van der Waals surface area (Å²) in [7, 11) is 1.55. The molecule has 2 rings (SSSR count). The largest absolute Gasteiger partial charge is 0.475 e. The maximum absolute atomic E-state index is 11.6. The molecule has 0 radical (unpaired) electrons. The predicted molar refractivity (Wildman–Crippen MR) is 95.6 cm³/mol. The summed E-state index contributed by atoms with van der Waals surface area (Å²) >= 11 is 0. The van der Waals surface area contributed by atoms with Crippen molar-refractivity contribution in [1.29, 1.82) is 0 Å². The zero-order valence-corrected chi connectivity index (χ0v) is 15.6. The summed E-state index contributed by atoms with van der Waals surface area (Å²) in [5.41, 5.74) is 5.22. The predicted octanol–water partition coefficient (Wildman–Crippen LogP) is 1.96. The van der Waals surface area contributed by atoms with Crippen LogP contribution in [0.1, 0.15) is 24.5 Å². The Kier molecular flexibility index (Phi) is 6.94. The number of ether oxygens (including phenoxy) is 2. The number of nitrogens with two attached hydrogens (primary N) is 1. The van der Waals surface area contributed by atoms with Crippen molar-refractivity contribution in [3.8, 4) is 0 Å². The Labute approximate surface area is 153 Å². The first-order valence-electron chi connectivity index (χ1n) is 8.46. The van der Waals surface area contributed by atoms with E-state index < -0.39 is 5.97 Å². The van der Waals surface area contributed by atoms with Crippen molar-refractivity contribution in [1.82, 2.24) is 0 Å². The summed E-state index contributed by atoms with van der Waals surface area (Å²) in [6.45, 7) is 5.85. The molecule has 0 heterocycles. The molecule has 0 amide bonds. The van der Waals surface area contributed by atoms with E-state index in [2.05, 4.69) is 0 Å². The Bertz CT molecular complexity index is 765. The lowest BCUT2D eigenvalue weighted by Gasteiger charge is -2.13. The maximum Gasteiger partial charge on any atom is 0.344 e. The summed E-state index contributed by atoms with van der Waals surface area (Å²) in [4.78, 5) is 17.2. The van der Waals surface area contributed by atoms with Gasteiger partial charge in [-0.2, -0.15) is 5.48 Å². The first kappa shape index (κ1) is 19.7. The van der Waals surface area contributed by atoms with Gasteiger partial charge in [0.1, 0.15) is 7.11 Å². The lowest BCUT2D eigenvalue weighted by Crippen LogP contribution is -2.74. The monoisotopic (exact) mass is 362 g/mol. The van der Waals surface area contributed by atoms with Crippen LogP contribution in [-0.4, -0.2) is 42.0 Å². The molecule has 3 N–H and O–H groups in total. The van der Waals surface area contributed by atoms with Gasteiger partial charge >= 0.3 is 11.7 Å². The summed E-state index contributed by atoms with van der Waals surface area (Å²) in [6.07, 6.45) is 6.15. The number of allylic oxidation sites excluding steroid dienone is 4. The zero-order valence-electron chi connectivity index (χ0n) is 15.6. The van der Waals surface area contributed by atoms with Crippen molar-refractivity contribution in [2.45, 2.75) is 27.2 Å². The van der Waals surface area contributed by atoms with Gasteiger partial charge in [-0.15, -0.1) is 0 Å². The zero-order chi connectivity index (χ0) is 19.1. The van der Waals surface area contributed by atoms with Crippen LogP contribution in [-0.2, 0) is 19.1 Å². The standard InChI is InChI=1S/C19H25N2O5/c1-5-25-19(22)12-26-18-9-7-6-8-16(18)21(24-4)17-11-14(3)13(2)10-15(17)20-23/h6-7,9-11,20,23H,5,8,12H2,1-4H3/q+1/p+1/b21-16-. The average molecular weight is 362 g/mol. The first-order valence-corrected chi connectivity index (χ1v) is 8.46. The number of aryl methyl sites for hydroxylation is 2. The van der Waals surface area contributed by atoms with Crippen molar-refractivity contribution in [3.63, 3.8) is 0 Å². The molecule has 0 aliphatic heterocycles. The topological polar surface area (TPSA) is 84.6 Å². The van der Waals surface area contributed by atoms with Gasteiger partial charge in [0.25, 0.3) is 5.71 Å². The Balaban J connectivity index is 2.43. The van der Waals surface area contributed by atoms with E-state index in [-0.39, 0.29) is 6.61 Å². The van der Waals surface area contributed by atoms with Crippen molar-refractivity contribution in [3.05, 3.63) is 47.2 Å². The Morgan fingerprint density at radius 3 is 2.69 bits per heavy atom. The highest BCUT2D eigenvalue weighted by Gasteiger charge is 2.30. The molecule has 0 saturated heterocycles. The van der Waals surface area contributed by atoms with Crippen LogP contribution in [0.2, 0.25) is 0 Å². The third kappa shape index (κ3) is 4.50. The van der Waals surface area contributed by atoms with E-state index in [4.69, 9.17) is 14.3 Å². The van der Waals surface area contributed by atoms with E-state index in [1.165, 1.54) is 0 Å². The van der Waals surface area contributed by atoms with Crippen LogP contribution in [0.3, 0.4) is 0 Å². The third-order valence-electron chi connectivity index (χ3n) is 4.06. The fraction of sp³-hybridized carbons (Fsp3) is 0.368. The average Bonchev–Trinajstić information content (AvgIpc) is 2.64. The van der Waals surface area contributed by atoms with Crippen LogP contribution in [0, 0.1) is 13.8 Å². The Morgan fingerprint density at radius 1 is 1.31 bits per heavy atom. The fourth-order valence-electron chi connectivity index (χ4n) is 2.64. The lowest BCUT2D eigenvalue weighted by molar-refractivity contribution is -0.831. The van der Waals surface area contributed by atoms with Gasteiger partial charge < -0.3 is 9.47 Å². The second-order valence-electron chi connectivity index (χ2n) is 5.80. The van der Waals surface area contributed by atoms with E-state index in [0.717, 1.165) is 22.3 Å². The third-order valence-corrected chi connectivity index (χ3v) is 4.06. The van der Waals surface area contributed by atoms with Gasteiger partial charge in [0.05, 0.1) is 13.0 Å². The molecule has 0 saturated carbocycles. The van der Waals surface area contributed by atoms with Gasteiger partial charge in [-0.25, -0.2) is 10.0 Å². The van der Waals surface area contributed by atoms with E-state index in [9.17, 15) is 10.0 Å². The van der Waals surface area contributed by atoms with Gasteiger partial charge in [0.15, 0.2) is 12.4 Å². The van der Waals surface area contributed by atoms with Crippen molar-refractivity contribution < 1.29 is 34.5 Å². The highest BCUT2D eigenvalue weighted by atomic mass is 16.7. The SMILES string of the molecule is CCOC(=O)COC1=CC=CC/C1=[N+](/OC)c1cc(C)c(C)cc1[NH2+]O. The molecule has 0 fully saturated rings. The number of carbonyl (C=O) groups excluding carboxylic acids is 1. The molecule has 26 heavy (non-hydrogen) atoms. The van der Waals surface area contributed by atoms with E-state index in [1.807, 2.05) is 38.1 Å². The smallest absolute Gasteiger partial charge is 0.344 e. The van der Waals surface area contributed by atoms with Crippen molar-refractivity contribution in [2.24, 2.45) is 0 Å². The molecule has 0 aromatic heterocycles. The van der Waals surface area contributed by atoms with Gasteiger partial charge in [0, 0.05) is 16.9 Å². The molecule has 1 aliphatic rings. The number of benzene rings is 1. The molecule has 140 valence electrons. The van der Waals surface area contributed by atoms with Crippen molar-refractivity contribution in [2.75, 3.05) is 20.3 Å². The normalized spacial score (nSPS) is 15.3. The molecule has 0 bridgehead atoms. The number of quaternary nitrogens is 1. The van der Waals surface area contributed by atoms with Gasteiger partial charge in [-0.3, -0.25) is 4.84 Å². The summed E-state index contributed by atoms with van der Waals surface area (Å²) in [5, 5.41) is 9.64. The minimum Gasteiger partial charge on any atom is -0.475 e. The number of hydrogen-bond acceptors (Lipinski definition) is 5. The molecule has 1 aliphatic carbocycles. The van der Waals surface area contributed by atoms with E-state index in [0.29, 0.717) is 30.2 Å². The summed E-state index contributed by atoms with van der Waals surface area (Å²) in [5.74, 6) is 0.0892. The van der Waals surface area contributed by atoms with Crippen LogP contribution in [0.25, 0.3) is 0 Å². The minimum atomic E-state index is -0.429. The fourth-order valence-corrected chi connectivity index (χ4v) is 2.64. The molecule has 1 aromatic carbocycles. The van der Waals surface area contributed by atoms with Crippen LogP contribution >= 0.6 is 0 Å². The molecule has 0 atom stereocenters. The van der Waals surface area contributed by atoms with Crippen LogP contribution in [0.5, 0.6) is 0 Å². The number of nitrogens with zero attached hydrogens (tertiary/aromatic N) is 1. The van der Waals surface area contributed by atoms with Crippen LogP contribution < -0.4 is 5.48 Å².